The molecule has 0 radical (unpaired) electrons. The smallest absolute Gasteiger partial charge is 0.268 e. The van der Waals surface area contributed by atoms with Gasteiger partial charge in [-0.15, -0.1) is 0 Å². The van der Waals surface area contributed by atoms with Crippen LogP contribution in [0.25, 0.3) is 0 Å². The fourth-order valence-electron chi connectivity index (χ4n) is 6.80. The lowest BCUT2D eigenvalue weighted by atomic mass is 10.0. The van der Waals surface area contributed by atoms with Gasteiger partial charge in [0.25, 0.3) is 7.82 Å². The highest BCUT2D eigenvalue weighted by Gasteiger charge is 2.23. The minimum absolute atomic E-state index is 0.00112. The Morgan fingerprint density at radius 1 is 0.630 bits per heavy atom. The van der Waals surface area contributed by atoms with Crippen molar-refractivity contribution in [3.8, 4) is 0 Å². The SMILES string of the molecule is CCCCCC/C=C/C(O)C(COP(=O)([O-])OCC[N+](C)(C)C)NC(=O)CCCCCCCCCCCCCCCCCCCCCCCCCCCC. The lowest BCUT2D eigenvalue weighted by molar-refractivity contribution is -0.870. The summed E-state index contributed by atoms with van der Waals surface area (Å²) in [5.41, 5.74) is 0. The van der Waals surface area contributed by atoms with Gasteiger partial charge in [-0.3, -0.25) is 9.36 Å². The van der Waals surface area contributed by atoms with Gasteiger partial charge in [0.15, 0.2) is 0 Å². The van der Waals surface area contributed by atoms with Gasteiger partial charge in [0.2, 0.25) is 5.91 Å². The number of phosphoric ester groups is 1. The zero-order chi connectivity index (χ0) is 40.0. The quantitative estimate of drug-likeness (QED) is 0.0276. The second-order valence-electron chi connectivity index (χ2n) is 17.1. The standard InChI is InChI=1S/C45H91N2O6P/c1-6-8-10-12-14-15-16-17-18-19-20-21-22-23-24-25-26-27-28-29-30-31-32-33-35-37-39-45(49)46-43(44(48)38-36-34-13-11-9-7-2)42-53-54(50,51)52-41-40-47(3,4)5/h36,38,43-44,48H,6-35,37,39-42H2,1-5H3,(H-,46,49,50,51)/b38-36+. The molecule has 0 aromatic carbocycles. The molecule has 54 heavy (non-hydrogen) atoms. The van der Waals surface area contributed by atoms with Gasteiger partial charge in [-0.1, -0.05) is 206 Å². The van der Waals surface area contributed by atoms with Crippen LogP contribution in [0.2, 0.25) is 0 Å². The van der Waals surface area contributed by atoms with Crippen molar-refractivity contribution in [1.29, 1.82) is 0 Å². The number of rotatable bonds is 42. The van der Waals surface area contributed by atoms with Crippen LogP contribution in [0.4, 0.5) is 0 Å². The first-order chi connectivity index (χ1) is 26.0. The molecule has 0 rings (SSSR count). The Morgan fingerprint density at radius 3 is 1.39 bits per heavy atom. The molecule has 322 valence electrons. The molecule has 3 atom stereocenters. The fraction of sp³-hybridized carbons (Fsp3) is 0.933. The number of likely N-dealkylation sites (N-methyl/N-ethyl adjacent to an activating group) is 1. The molecule has 0 saturated carbocycles. The van der Waals surface area contributed by atoms with Gasteiger partial charge in [-0.25, -0.2) is 0 Å². The lowest BCUT2D eigenvalue weighted by Crippen LogP contribution is -2.45. The Balaban J connectivity index is 3.95. The number of aliphatic hydroxyl groups excluding tert-OH is 1. The van der Waals surface area contributed by atoms with E-state index in [4.69, 9.17) is 9.05 Å². The molecule has 0 fully saturated rings. The summed E-state index contributed by atoms with van der Waals surface area (Å²) in [6.07, 6.45) is 43.1. The van der Waals surface area contributed by atoms with E-state index in [2.05, 4.69) is 19.2 Å². The van der Waals surface area contributed by atoms with E-state index in [-0.39, 0.29) is 19.1 Å². The number of aliphatic hydroxyl groups is 1. The molecule has 0 aromatic rings. The number of amides is 1. The Labute approximate surface area is 335 Å². The van der Waals surface area contributed by atoms with E-state index in [0.29, 0.717) is 17.4 Å². The monoisotopic (exact) mass is 787 g/mol. The van der Waals surface area contributed by atoms with Crippen LogP contribution < -0.4 is 10.2 Å². The topological polar surface area (TPSA) is 108 Å². The van der Waals surface area contributed by atoms with Gasteiger partial charge in [0.05, 0.1) is 39.9 Å². The van der Waals surface area contributed by atoms with E-state index < -0.39 is 20.0 Å². The molecule has 0 aliphatic carbocycles. The molecule has 0 spiro atoms. The Kier molecular flexibility index (Phi) is 37.3. The van der Waals surface area contributed by atoms with Crippen LogP contribution in [0.15, 0.2) is 12.2 Å². The minimum atomic E-state index is -4.57. The molecule has 0 saturated heterocycles. The summed E-state index contributed by atoms with van der Waals surface area (Å²) >= 11 is 0. The van der Waals surface area contributed by atoms with Gasteiger partial charge in [-0.05, 0) is 19.3 Å². The first-order valence-electron chi connectivity index (χ1n) is 23.1. The largest absolute Gasteiger partial charge is 0.756 e. The molecule has 3 unspecified atom stereocenters. The number of hydrogen-bond donors (Lipinski definition) is 2. The molecule has 1 amide bonds. The van der Waals surface area contributed by atoms with Crippen LogP contribution in [0, 0.1) is 0 Å². The van der Waals surface area contributed by atoms with E-state index in [9.17, 15) is 19.4 Å². The molecule has 0 heterocycles. The van der Waals surface area contributed by atoms with Gasteiger partial charge in [0, 0.05) is 6.42 Å². The molecule has 0 bridgehead atoms. The molecule has 2 N–H and O–H groups in total. The first kappa shape index (κ1) is 53.2. The Hall–Kier alpha value is -0.760. The highest BCUT2D eigenvalue weighted by Crippen LogP contribution is 2.38. The molecule has 8 nitrogen and oxygen atoms in total. The normalized spacial score (nSPS) is 14.4. The third kappa shape index (κ3) is 39.5. The number of carbonyl (C=O) groups excluding carboxylic acids is 1. The van der Waals surface area contributed by atoms with Crippen molar-refractivity contribution < 1.29 is 32.9 Å². The van der Waals surface area contributed by atoms with Crippen molar-refractivity contribution in [1.82, 2.24) is 5.32 Å². The van der Waals surface area contributed by atoms with Gasteiger partial charge in [0.1, 0.15) is 13.2 Å². The van der Waals surface area contributed by atoms with E-state index in [0.717, 1.165) is 44.9 Å². The number of phosphoric acid groups is 1. The molecule has 9 heteroatoms. The van der Waals surface area contributed by atoms with Gasteiger partial charge >= 0.3 is 0 Å². The summed E-state index contributed by atoms with van der Waals surface area (Å²) in [5.74, 6) is -0.199. The first-order valence-corrected chi connectivity index (χ1v) is 24.5. The van der Waals surface area contributed by atoms with Crippen LogP contribution in [-0.4, -0.2) is 68.5 Å². The third-order valence-electron chi connectivity index (χ3n) is 10.5. The van der Waals surface area contributed by atoms with Crippen molar-refractivity contribution in [2.45, 2.75) is 231 Å². The second-order valence-corrected chi connectivity index (χ2v) is 18.5. The highest BCUT2D eigenvalue weighted by atomic mass is 31.2. The van der Waals surface area contributed by atoms with Crippen molar-refractivity contribution in [2.75, 3.05) is 40.9 Å². The maximum Gasteiger partial charge on any atom is 0.268 e. The number of quaternary nitrogens is 1. The Bertz CT molecular complexity index is 896. The number of hydrogen-bond acceptors (Lipinski definition) is 6. The van der Waals surface area contributed by atoms with Gasteiger partial charge in [-0.2, -0.15) is 0 Å². The van der Waals surface area contributed by atoms with Crippen molar-refractivity contribution >= 4 is 13.7 Å². The molecular weight excluding hydrogens is 695 g/mol. The van der Waals surface area contributed by atoms with Crippen molar-refractivity contribution in [2.24, 2.45) is 0 Å². The Morgan fingerprint density at radius 2 is 1.00 bits per heavy atom. The third-order valence-corrected chi connectivity index (χ3v) is 11.5. The molecule has 0 aliphatic heterocycles. The second kappa shape index (κ2) is 37.8. The zero-order valence-corrected chi connectivity index (χ0v) is 37.3. The van der Waals surface area contributed by atoms with E-state index in [1.165, 1.54) is 154 Å². The van der Waals surface area contributed by atoms with Crippen LogP contribution >= 0.6 is 7.82 Å². The summed E-state index contributed by atoms with van der Waals surface area (Å²) in [6, 6.07) is -0.877. The van der Waals surface area contributed by atoms with E-state index >= 15 is 0 Å². The zero-order valence-electron chi connectivity index (χ0n) is 36.4. The van der Waals surface area contributed by atoms with E-state index in [1.54, 1.807) is 6.08 Å². The highest BCUT2D eigenvalue weighted by molar-refractivity contribution is 7.45. The average molecular weight is 787 g/mol. The number of unbranched alkanes of at least 4 members (excludes halogenated alkanes) is 29. The fourth-order valence-corrected chi connectivity index (χ4v) is 7.52. The maximum absolute atomic E-state index is 12.8. The molecular formula is C45H91N2O6P. The maximum atomic E-state index is 12.8. The predicted octanol–water partition coefficient (Wildman–Crippen LogP) is 12.1. The van der Waals surface area contributed by atoms with Crippen LogP contribution in [0.3, 0.4) is 0 Å². The molecule has 0 aliphatic rings. The van der Waals surface area contributed by atoms with Crippen LogP contribution in [0.1, 0.15) is 219 Å². The van der Waals surface area contributed by atoms with E-state index in [1.807, 2.05) is 27.2 Å². The summed E-state index contributed by atoms with van der Waals surface area (Å²) in [7, 11) is 1.27. The van der Waals surface area contributed by atoms with Crippen LogP contribution in [-0.2, 0) is 18.4 Å². The number of nitrogens with one attached hydrogen (secondary N) is 1. The average Bonchev–Trinajstić information content (AvgIpc) is 3.12. The minimum Gasteiger partial charge on any atom is -0.756 e. The number of nitrogens with zero attached hydrogens (tertiary/aromatic N) is 1. The lowest BCUT2D eigenvalue weighted by Gasteiger charge is -2.29. The summed E-state index contributed by atoms with van der Waals surface area (Å²) in [6.45, 7) is 4.58. The number of allylic oxidation sites excluding steroid dienone is 1. The number of carbonyl (C=O) groups is 1. The summed E-state index contributed by atoms with van der Waals surface area (Å²) in [4.78, 5) is 25.1. The predicted molar refractivity (Wildman–Crippen MR) is 229 cm³/mol. The molecule has 0 aromatic heterocycles. The van der Waals surface area contributed by atoms with Crippen molar-refractivity contribution in [3.63, 3.8) is 0 Å². The van der Waals surface area contributed by atoms with Gasteiger partial charge < -0.3 is 28.8 Å². The van der Waals surface area contributed by atoms with Crippen LogP contribution in [0.5, 0.6) is 0 Å². The summed E-state index contributed by atoms with van der Waals surface area (Å²) < 4.78 is 23.0. The van der Waals surface area contributed by atoms with Crippen molar-refractivity contribution in [3.05, 3.63) is 12.2 Å². The summed E-state index contributed by atoms with van der Waals surface area (Å²) in [5, 5.41) is 13.6.